The first-order valence-electron chi connectivity index (χ1n) is 14.0. The average Bonchev–Trinajstić information content (AvgIpc) is 2.97. The van der Waals surface area contributed by atoms with Gasteiger partial charge in [-0.05, 0) is 60.9 Å². The maximum atomic E-state index is 13.5. The fraction of sp³-hybridized carbons (Fsp3) is 0.412. The normalized spacial score (nSPS) is 13.7. The highest BCUT2D eigenvalue weighted by Gasteiger charge is 2.35. The average molecular weight is 542 g/mol. The molecule has 0 saturated carbocycles. The molecule has 0 heterocycles. The fourth-order valence-corrected chi connectivity index (χ4v) is 5.88. The lowest BCUT2D eigenvalue weighted by Crippen LogP contribution is -2.47. The first-order chi connectivity index (χ1) is 18.9. The third-order valence-electron chi connectivity index (χ3n) is 7.83. The molecule has 0 aromatic heterocycles. The van der Waals surface area contributed by atoms with Crippen molar-refractivity contribution in [3.05, 3.63) is 108 Å². The topological polar surface area (TPSA) is 56.1 Å². The Morgan fingerprint density at radius 2 is 1.49 bits per heavy atom. The van der Waals surface area contributed by atoms with Gasteiger partial charge in [0.25, 0.3) is 0 Å². The highest BCUT2D eigenvalue weighted by atomic mass is 32.2. The summed E-state index contributed by atoms with van der Waals surface area (Å²) < 4.78 is 0. The summed E-state index contributed by atoms with van der Waals surface area (Å²) in [5, 5.41) is 13.4. The summed E-state index contributed by atoms with van der Waals surface area (Å²) in [6, 6.07) is 33.6. The third-order valence-corrected chi connectivity index (χ3v) is 8.47. The van der Waals surface area contributed by atoms with Crippen molar-refractivity contribution in [2.45, 2.75) is 50.5 Å². The summed E-state index contributed by atoms with van der Waals surface area (Å²) >= 11 is 1.77. The zero-order chi connectivity index (χ0) is 28.1. The fourth-order valence-electron chi connectivity index (χ4n) is 5.42. The first-order valence-corrected chi connectivity index (χ1v) is 15.4. The highest BCUT2D eigenvalue weighted by molar-refractivity contribution is 7.98. The number of nitrogens with zero attached hydrogens (tertiary/aromatic N) is 2. The minimum atomic E-state index is -0.556. The number of rotatable bonds is 15. The SMILES string of the molecule is CSCC[C@@H](C(=O)NCCC[C@@](C#N)(c1ccccc1)C(C)C)N(C)CC(c1ccccc1)c1ccccc1. The second-order valence-corrected chi connectivity index (χ2v) is 11.6. The number of carbonyl (C=O) groups excluding carboxylic acids is 1. The van der Waals surface area contributed by atoms with Crippen LogP contribution in [0.3, 0.4) is 0 Å². The molecule has 0 radical (unpaired) electrons. The molecule has 4 nitrogen and oxygen atoms in total. The van der Waals surface area contributed by atoms with Crippen LogP contribution in [0.5, 0.6) is 0 Å². The molecular weight excluding hydrogens is 498 g/mol. The Morgan fingerprint density at radius 1 is 0.949 bits per heavy atom. The summed E-state index contributed by atoms with van der Waals surface area (Å²) in [4.78, 5) is 15.7. The number of hydrogen-bond acceptors (Lipinski definition) is 4. The summed E-state index contributed by atoms with van der Waals surface area (Å²) in [5.41, 5.74) is 3.00. The van der Waals surface area contributed by atoms with Gasteiger partial charge in [0.1, 0.15) is 0 Å². The smallest absolute Gasteiger partial charge is 0.237 e. The van der Waals surface area contributed by atoms with Gasteiger partial charge < -0.3 is 5.32 Å². The van der Waals surface area contributed by atoms with Crippen LogP contribution < -0.4 is 5.32 Å². The van der Waals surface area contributed by atoms with Crippen molar-refractivity contribution in [2.24, 2.45) is 5.92 Å². The van der Waals surface area contributed by atoms with Crippen LogP contribution in [0.25, 0.3) is 0 Å². The molecule has 0 aliphatic heterocycles. The van der Waals surface area contributed by atoms with Gasteiger partial charge in [0.05, 0.1) is 17.5 Å². The van der Waals surface area contributed by atoms with Crippen molar-refractivity contribution in [3.8, 4) is 6.07 Å². The molecule has 2 atom stereocenters. The van der Waals surface area contributed by atoms with Crippen LogP contribution in [0.1, 0.15) is 55.7 Å². The minimum Gasteiger partial charge on any atom is -0.355 e. The molecule has 0 bridgehead atoms. The standard InChI is InChI=1S/C34H43N3OS/c1-27(2)34(26-35,30-19-12-7-13-20-30)22-14-23-36-33(38)32(21-24-39-4)37(3)25-31(28-15-8-5-9-16-28)29-17-10-6-11-18-29/h5-13,15-20,27,31-32H,14,21-25H2,1-4H3,(H,36,38)/t32-,34-/m0/s1. The van der Waals surface area contributed by atoms with Crippen molar-refractivity contribution < 1.29 is 4.79 Å². The molecule has 206 valence electrons. The van der Waals surface area contributed by atoms with Crippen molar-refractivity contribution >= 4 is 17.7 Å². The van der Waals surface area contributed by atoms with E-state index < -0.39 is 5.41 Å². The van der Waals surface area contributed by atoms with Crippen molar-refractivity contribution in [3.63, 3.8) is 0 Å². The number of carbonyl (C=O) groups is 1. The van der Waals surface area contributed by atoms with Gasteiger partial charge in [0.15, 0.2) is 0 Å². The van der Waals surface area contributed by atoms with Crippen LogP contribution in [-0.4, -0.2) is 49.0 Å². The van der Waals surface area contributed by atoms with Gasteiger partial charge in [-0.3, -0.25) is 9.69 Å². The number of hydrogen-bond donors (Lipinski definition) is 1. The Morgan fingerprint density at radius 3 is 1.97 bits per heavy atom. The number of amides is 1. The molecule has 0 unspecified atom stereocenters. The van der Waals surface area contributed by atoms with E-state index in [1.54, 1.807) is 11.8 Å². The van der Waals surface area contributed by atoms with Gasteiger partial charge in [-0.2, -0.15) is 17.0 Å². The summed E-state index contributed by atoms with van der Waals surface area (Å²) in [5.74, 6) is 1.34. The van der Waals surface area contributed by atoms with Crippen molar-refractivity contribution in [1.29, 1.82) is 5.26 Å². The van der Waals surface area contributed by atoms with Gasteiger partial charge in [-0.25, -0.2) is 0 Å². The van der Waals surface area contributed by atoms with Crippen LogP contribution in [-0.2, 0) is 10.2 Å². The van der Waals surface area contributed by atoms with Crippen LogP contribution in [0.15, 0.2) is 91.0 Å². The number of nitrogens with one attached hydrogen (secondary N) is 1. The molecule has 3 aromatic carbocycles. The van der Waals surface area contributed by atoms with Crippen LogP contribution in [0.2, 0.25) is 0 Å². The summed E-state index contributed by atoms with van der Waals surface area (Å²) in [6.07, 6.45) is 4.34. The van der Waals surface area contributed by atoms with E-state index in [1.165, 1.54) is 11.1 Å². The quantitative estimate of drug-likeness (QED) is 0.213. The molecule has 39 heavy (non-hydrogen) atoms. The largest absolute Gasteiger partial charge is 0.355 e. The molecule has 0 fully saturated rings. The predicted molar refractivity (Wildman–Crippen MR) is 165 cm³/mol. The van der Waals surface area contributed by atoms with E-state index in [1.807, 2.05) is 42.5 Å². The van der Waals surface area contributed by atoms with E-state index >= 15 is 0 Å². The van der Waals surface area contributed by atoms with E-state index in [9.17, 15) is 10.1 Å². The van der Waals surface area contributed by atoms with Gasteiger partial charge >= 0.3 is 0 Å². The van der Waals surface area contributed by atoms with Crippen LogP contribution in [0, 0.1) is 17.2 Å². The molecule has 1 amide bonds. The van der Waals surface area contributed by atoms with E-state index in [2.05, 4.69) is 92.0 Å². The molecule has 0 aliphatic carbocycles. The summed E-state index contributed by atoms with van der Waals surface area (Å²) in [6.45, 7) is 5.53. The number of thioether (sulfide) groups is 1. The Hall–Kier alpha value is -3.07. The second kappa shape index (κ2) is 15.5. The second-order valence-electron chi connectivity index (χ2n) is 10.6. The van der Waals surface area contributed by atoms with E-state index in [4.69, 9.17) is 0 Å². The third kappa shape index (κ3) is 8.21. The highest BCUT2D eigenvalue weighted by Crippen LogP contribution is 2.36. The lowest BCUT2D eigenvalue weighted by molar-refractivity contribution is -0.126. The Kier molecular flexibility index (Phi) is 12.1. The van der Waals surface area contributed by atoms with E-state index in [0.29, 0.717) is 13.0 Å². The molecule has 0 aliphatic rings. The van der Waals surface area contributed by atoms with Gasteiger partial charge in [0, 0.05) is 19.0 Å². The molecule has 0 saturated heterocycles. The molecule has 3 rings (SSSR count). The van der Waals surface area contributed by atoms with Gasteiger partial charge in [0.2, 0.25) is 5.91 Å². The number of benzene rings is 3. The molecule has 0 spiro atoms. The van der Waals surface area contributed by atoms with Crippen molar-refractivity contribution in [1.82, 2.24) is 10.2 Å². The summed E-state index contributed by atoms with van der Waals surface area (Å²) in [7, 11) is 2.07. The minimum absolute atomic E-state index is 0.0678. The molecular formula is C34H43N3OS. The first kappa shape index (κ1) is 30.5. The Labute approximate surface area is 239 Å². The number of likely N-dealkylation sites (N-methyl/N-ethyl adjacent to an activating group) is 1. The number of nitriles is 1. The predicted octanol–water partition coefficient (Wildman–Crippen LogP) is 6.89. The molecule has 5 heteroatoms. The van der Waals surface area contributed by atoms with E-state index in [0.717, 1.165) is 30.7 Å². The molecule has 3 aromatic rings. The van der Waals surface area contributed by atoms with E-state index in [-0.39, 0.29) is 23.8 Å². The maximum Gasteiger partial charge on any atom is 0.237 e. The van der Waals surface area contributed by atoms with Gasteiger partial charge in [-0.15, -0.1) is 0 Å². The monoisotopic (exact) mass is 541 g/mol. The zero-order valence-electron chi connectivity index (χ0n) is 23.8. The lowest BCUT2D eigenvalue weighted by Gasteiger charge is -2.32. The zero-order valence-corrected chi connectivity index (χ0v) is 24.7. The van der Waals surface area contributed by atoms with Crippen molar-refractivity contribution in [2.75, 3.05) is 32.1 Å². The van der Waals surface area contributed by atoms with Crippen LogP contribution >= 0.6 is 11.8 Å². The van der Waals surface area contributed by atoms with Gasteiger partial charge in [-0.1, -0.05) is 105 Å². The lowest BCUT2D eigenvalue weighted by atomic mass is 9.70. The molecule has 1 N–H and O–H groups in total. The Bertz CT molecular complexity index is 1120. The Balaban J connectivity index is 1.68. The maximum absolute atomic E-state index is 13.5. The van der Waals surface area contributed by atoms with Crippen LogP contribution in [0.4, 0.5) is 0 Å².